The Morgan fingerprint density at radius 1 is 0.907 bits per heavy atom. The number of rotatable bonds is 11. The molecule has 0 aliphatic carbocycles. The van der Waals surface area contributed by atoms with Crippen molar-refractivity contribution < 1.29 is 28.6 Å². The van der Waals surface area contributed by atoms with Crippen LogP contribution in [0.3, 0.4) is 0 Å². The number of thioether (sulfide) groups is 1. The molecule has 0 radical (unpaired) electrons. The van der Waals surface area contributed by atoms with Gasteiger partial charge in [0.05, 0.1) is 38.5 Å². The zero-order chi connectivity index (χ0) is 30.3. The first-order valence-electron chi connectivity index (χ1n) is 13.5. The second kappa shape index (κ2) is 13.4. The Bertz CT molecular complexity index is 1590. The van der Waals surface area contributed by atoms with Crippen LogP contribution in [0.15, 0.2) is 76.7 Å². The molecule has 0 saturated heterocycles. The molecular formula is C31H31N5O6S. The quantitative estimate of drug-likeness (QED) is 0.335. The number of nitrogens with one attached hydrogen (secondary N) is 2. The van der Waals surface area contributed by atoms with Gasteiger partial charge in [-0.1, -0.05) is 36.0 Å². The van der Waals surface area contributed by atoms with Crippen LogP contribution in [0.4, 0.5) is 11.4 Å². The molecule has 2 aliphatic rings. The minimum absolute atomic E-state index is 0.00834. The number of fused-ring (bicyclic) bond motifs is 3. The van der Waals surface area contributed by atoms with E-state index >= 15 is 0 Å². The lowest BCUT2D eigenvalue weighted by atomic mass is 10.1. The Hall–Kier alpha value is -4.84. The Balaban J connectivity index is 1.26. The molecule has 3 amide bonds. The lowest BCUT2D eigenvalue weighted by Gasteiger charge is -2.31. The molecule has 1 unspecified atom stereocenters. The number of anilines is 1. The van der Waals surface area contributed by atoms with Crippen LogP contribution in [0.2, 0.25) is 0 Å². The molecule has 0 fully saturated rings. The number of amides is 3. The van der Waals surface area contributed by atoms with E-state index in [9.17, 15) is 14.4 Å². The third kappa shape index (κ3) is 6.81. The molecule has 2 N–H and O–H groups in total. The van der Waals surface area contributed by atoms with E-state index in [0.29, 0.717) is 40.4 Å². The number of carbonyl (C=O) groups excluding carboxylic acids is 3. The molecule has 2 aliphatic heterocycles. The summed E-state index contributed by atoms with van der Waals surface area (Å²) < 4.78 is 15.8. The van der Waals surface area contributed by atoms with E-state index in [0.717, 1.165) is 16.9 Å². The van der Waals surface area contributed by atoms with Crippen LogP contribution < -0.4 is 24.8 Å². The Labute approximate surface area is 253 Å². The van der Waals surface area contributed by atoms with E-state index in [-0.39, 0.29) is 36.3 Å². The number of amidine groups is 2. The molecule has 3 aromatic carbocycles. The molecule has 0 bridgehead atoms. The van der Waals surface area contributed by atoms with Crippen LogP contribution in [0.25, 0.3) is 0 Å². The predicted octanol–water partition coefficient (Wildman–Crippen LogP) is 4.14. The molecule has 0 saturated carbocycles. The van der Waals surface area contributed by atoms with Gasteiger partial charge in [-0.05, 0) is 48.4 Å². The first-order chi connectivity index (χ1) is 20.9. The zero-order valence-corrected chi connectivity index (χ0v) is 24.8. The van der Waals surface area contributed by atoms with Gasteiger partial charge in [-0.25, -0.2) is 4.99 Å². The SMILES string of the molecule is COc1ccc(CNC(=O)CCC2C(=O)N=C3c4ccccc4N=C(SCC(=O)Nc4cc(OC)ccc4OC)N32)cc1. The molecule has 3 aromatic rings. The summed E-state index contributed by atoms with van der Waals surface area (Å²) in [6.45, 7) is 0.357. The van der Waals surface area contributed by atoms with Crippen LogP contribution in [-0.2, 0) is 20.9 Å². The van der Waals surface area contributed by atoms with Crippen molar-refractivity contribution in [1.82, 2.24) is 10.2 Å². The third-order valence-electron chi connectivity index (χ3n) is 6.91. The molecular weight excluding hydrogens is 570 g/mol. The van der Waals surface area contributed by atoms with Crippen LogP contribution in [0.1, 0.15) is 24.0 Å². The number of hydrogen-bond donors (Lipinski definition) is 2. The molecule has 11 nitrogen and oxygen atoms in total. The van der Waals surface area contributed by atoms with E-state index in [4.69, 9.17) is 19.2 Å². The van der Waals surface area contributed by atoms with Gasteiger partial charge in [-0.2, -0.15) is 4.99 Å². The zero-order valence-electron chi connectivity index (χ0n) is 24.0. The maximum Gasteiger partial charge on any atom is 0.270 e. The van der Waals surface area contributed by atoms with Crippen LogP contribution in [0.5, 0.6) is 17.2 Å². The Morgan fingerprint density at radius 3 is 2.40 bits per heavy atom. The fraction of sp³-hybridized carbons (Fsp3) is 0.258. The summed E-state index contributed by atoms with van der Waals surface area (Å²) >= 11 is 1.19. The minimum atomic E-state index is -0.720. The van der Waals surface area contributed by atoms with Gasteiger partial charge >= 0.3 is 0 Å². The maximum atomic E-state index is 13.1. The second-order valence-corrected chi connectivity index (χ2v) is 10.6. The fourth-order valence-corrected chi connectivity index (χ4v) is 5.55. The summed E-state index contributed by atoms with van der Waals surface area (Å²) in [5.41, 5.74) is 2.78. The molecule has 2 heterocycles. The molecule has 0 spiro atoms. The van der Waals surface area contributed by atoms with Crippen molar-refractivity contribution in [3.63, 3.8) is 0 Å². The van der Waals surface area contributed by atoms with Gasteiger partial charge in [0.1, 0.15) is 29.1 Å². The smallest absolute Gasteiger partial charge is 0.270 e. The highest BCUT2D eigenvalue weighted by Crippen LogP contribution is 2.35. The van der Waals surface area contributed by atoms with Crippen molar-refractivity contribution in [3.8, 4) is 17.2 Å². The van der Waals surface area contributed by atoms with Crippen molar-refractivity contribution >= 4 is 51.9 Å². The summed E-state index contributed by atoms with van der Waals surface area (Å²) in [5.74, 6) is 1.45. The fourth-order valence-electron chi connectivity index (χ4n) is 4.70. The number of benzene rings is 3. The van der Waals surface area contributed by atoms with Crippen molar-refractivity contribution in [3.05, 3.63) is 77.9 Å². The highest BCUT2D eigenvalue weighted by Gasteiger charge is 2.41. The van der Waals surface area contributed by atoms with E-state index in [2.05, 4.69) is 15.6 Å². The van der Waals surface area contributed by atoms with Crippen molar-refractivity contribution in [2.24, 2.45) is 9.98 Å². The van der Waals surface area contributed by atoms with Gasteiger partial charge in [0.2, 0.25) is 11.8 Å². The van der Waals surface area contributed by atoms with E-state index < -0.39 is 6.04 Å². The lowest BCUT2D eigenvalue weighted by molar-refractivity contribution is -0.122. The van der Waals surface area contributed by atoms with E-state index in [1.165, 1.54) is 18.9 Å². The number of para-hydroxylation sites is 1. The maximum absolute atomic E-state index is 13.1. The number of ether oxygens (including phenoxy) is 3. The Kier molecular flexibility index (Phi) is 9.26. The molecule has 1 atom stereocenters. The van der Waals surface area contributed by atoms with Gasteiger partial charge in [-0.3, -0.25) is 19.3 Å². The number of nitrogens with zero attached hydrogens (tertiary/aromatic N) is 3. The average molecular weight is 602 g/mol. The highest BCUT2D eigenvalue weighted by atomic mass is 32.2. The normalized spacial score (nSPS) is 15.1. The van der Waals surface area contributed by atoms with E-state index in [1.54, 1.807) is 37.3 Å². The molecule has 222 valence electrons. The van der Waals surface area contributed by atoms with Crippen LogP contribution >= 0.6 is 11.8 Å². The topological polar surface area (TPSA) is 131 Å². The van der Waals surface area contributed by atoms with Crippen molar-refractivity contribution in [1.29, 1.82) is 0 Å². The summed E-state index contributed by atoms with van der Waals surface area (Å²) in [5, 5.41) is 6.21. The highest BCUT2D eigenvalue weighted by molar-refractivity contribution is 8.14. The van der Waals surface area contributed by atoms with Crippen molar-refractivity contribution in [2.75, 3.05) is 32.4 Å². The largest absolute Gasteiger partial charge is 0.497 e. The predicted molar refractivity (Wildman–Crippen MR) is 165 cm³/mol. The van der Waals surface area contributed by atoms with E-state index in [1.807, 2.05) is 48.5 Å². The molecule has 12 heteroatoms. The number of methoxy groups -OCH3 is 3. The van der Waals surface area contributed by atoms with Gasteiger partial charge in [0.15, 0.2) is 5.17 Å². The average Bonchev–Trinajstić information content (AvgIpc) is 3.37. The number of hydrogen-bond acceptors (Lipinski definition) is 9. The summed E-state index contributed by atoms with van der Waals surface area (Å²) in [4.78, 5) is 49.7. The Morgan fingerprint density at radius 2 is 1.65 bits per heavy atom. The van der Waals surface area contributed by atoms with Gasteiger partial charge in [0.25, 0.3) is 5.91 Å². The van der Waals surface area contributed by atoms with Crippen molar-refractivity contribution in [2.45, 2.75) is 25.4 Å². The number of carbonyl (C=O) groups is 3. The van der Waals surface area contributed by atoms with Gasteiger partial charge in [0, 0.05) is 24.6 Å². The minimum Gasteiger partial charge on any atom is -0.497 e. The lowest BCUT2D eigenvalue weighted by Crippen LogP contribution is -2.44. The number of aliphatic imine (C=N–C) groups is 2. The first-order valence-corrected chi connectivity index (χ1v) is 14.5. The molecule has 43 heavy (non-hydrogen) atoms. The standard InChI is InChI=1S/C31H31N5O6S/c1-40-20-10-8-19(9-11-20)17-32-27(37)15-13-25-30(39)35-29-22-6-4-5-7-23(22)34-31(36(25)29)43-18-28(38)33-24-16-21(41-2)12-14-26(24)42-3/h4-12,14,16,25H,13,15,17-18H2,1-3H3,(H,32,37)(H,33,38). The summed E-state index contributed by atoms with van der Waals surface area (Å²) in [6, 6.07) is 19.2. The van der Waals surface area contributed by atoms with Crippen LogP contribution in [-0.4, -0.2) is 66.7 Å². The van der Waals surface area contributed by atoms with Gasteiger partial charge < -0.3 is 24.8 Å². The molecule has 5 rings (SSSR count). The second-order valence-electron chi connectivity index (χ2n) is 9.64. The third-order valence-corrected chi connectivity index (χ3v) is 7.87. The monoisotopic (exact) mass is 601 g/mol. The van der Waals surface area contributed by atoms with Gasteiger partial charge in [-0.15, -0.1) is 0 Å². The summed E-state index contributed by atoms with van der Waals surface area (Å²) in [6.07, 6.45) is 0.344. The first kappa shape index (κ1) is 29.6. The summed E-state index contributed by atoms with van der Waals surface area (Å²) in [7, 11) is 4.66. The molecule has 0 aromatic heterocycles. The van der Waals surface area contributed by atoms with Crippen LogP contribution in [0, 0.1) is 0 Å².